The maximum atomic E-state index is 14.0. The second-order valence-electron chi connectivity index (χ2n) is 8.71. The Labute approximate surface area is 191 Å². The largest absolute Gasteiger partial charge is 0.494 e. The van der Waals surface area contributed by atoms with Gasteiger partial charge in [0.1, 0.15) is 5.75 Å². The molecule has 1 saturated heterocycles. The second-order valence-corrected chi connectivity index (χ2v) is 8.71. The summed E-state index contributed by atoms with van der Waals surface area (Å²) in [6.45, 7) is 2.44. The van der Waals surface area contributed by atoms with Crippen LogP contribution in [-0.2, 0) is 15.0 Å². The molecule has 0 saturated carbocycles. The van der Waals surface area contributed by atoms with Crippen LogP contribution in [-0.4, -0.2) is 29.8 Å². The normalized spacial score (nSPS) is 26.9. The molecule has 33 heavy (non-hydrogen) atoms. The van der Waals surface area contributed by atoms with Crippen LogP contribution >= 0.6 is 0 Å². The van der Waals surface area contributed by atoms with E-state index in [2.05, 4.69) is 5.16 Å². The van der Waals surface area contributed by atoms with E-state index >= 15 is 0 Å². The molecule has 6 heteroatoms. The molecule has 3 aromatic carbocycles. The second kappa shape index (κ2) is 7.04. The molecule has 0 radical (unpaired) electrons. The fourth-order valence-electron chi connectivity index (χ4n) is 6.25. The van der Waals surface area contributed by atoms with Crippen LogP contribution in [0.1, 0.15) is 35.1 Å². The van der Waals surface area contributed by atoms with Crippen LogP contribution in [0.2, 0.25) is 0 Å². The van der Waals surface area contributed by atoms with Gasteiger partial charge in [0.2, 0.25) is 11.8 Å². The fraction of sp³-hybridized carbons (Fsp3) is 0.222. The van der Waals surface area contributed by atoms with Gasteiger partial charge in [-0.2, -0.15) is 0 Å². The van der Waals surface area contributed by atoms with Crippen LogP contribution in [0.3, 0.4) is 0 Å². The number of amides is 2. The smallest absolute Gasteiger partial charge is 0.239 e. The summed E-state index contributed by atoms with van der Waals surface area (Å²) in [7, 11) is 0. The summed E-state index contributed by atoms with van der Waals surface area (Å²) in [4.78, 5) is 29.2. The number of imide groups is 1. The number of oxime groups is 1. The van der Waals surface area contributed by atoms with Crippen LogP contribution in [0.5, 0.6) is 5.75 Å². The molecule has 4 aliphatic rings. The Hall–Kier alpha value is -3.93. The number of benzene rings is 3. The van der Waals surface area contributed by atoms with E-state index in [-0.39, 0.29) is 17.7 Å². The summed E-state index contributed by atoms with van der Waals surface area (Å²) in [5.74, 6) is -1.32. The van der Waals surface area contributed by atoms with Crippen molar-refractivity contribution in [3.63, 3.8) is 0 Å². The first-order valence-corrected chi connectivity index (χ1v) is 11.1. The lowest BCUT2D eigenvalue weighted by Crippen LogP contribution is -2.54. The third-order valence-electron chi connectivity index (χ3n) is 7.35. The first-order valence-electron chi connectivity index (χ1n) is 11.1. The van der Waals surface area contributed by atoms with Crippen molar-refractivity contribution < 1.29 is 19.5 Å². The molecule has 164 valence electrons. The molecule has 1 N–H and O–H groups in total. The number of hydrogen-bond acceptors (Lipinski definition) is 5. The van der Waals surface area contributed by atoms with Gasteiger partial charge >= 0.3 is 0 Å². The summed E-state index contributed by atoms with van der Waals surface area (Å²) in [5, 5.41) is 13.2. The molecule has 0 spiro atoms. The zero-order chi connectivity index (χ0) is 22.7. The molecule has 1 heterocycles. The highest BCUT2D eigenvalue weighted by molar-refractivity contribution is 6.25. The first-order chi connectivity index (χ1) is 16.1. The van der Waals surface area contributed by atoms with Gasteiger partial charge in [-0.1, -0.05) is 48.5 Å². The average Bonchev–Trinajstić information content (AvgIpc) is 3.11. The minimum atomic E-state index is -1.02. The Kier molecular flexibility index (Phi) is 4.21. The summed E-state index contributed by atoms with van der Waals surface area (Å²) >= 11 is 0. The van der Waals surface area contributed by atoms with E-state index in [1.807, 2.05) is 55.5 Å². The number of anilines is 1. The molecule has 0 aromatic heterocycles. The molecule has 2 amide bonds. The van der Waals surface area contributed by atoms with E-state index < -0.39 is 17.3 Å². The molecular weight excluding hydrogens is 416 g/mol. The van der Waals surface area contributed by atoms with Crippen LogP contribution in [0.4, 0.5) is 5.69 Å². The predicted molar refractivity (Wildman–Crippen MR) is 123 cm³/mol. The molecule has 2 bridgehead atoms. The number of carbonyl (C=O) groups is 2. The number of carbonyl (C=O) groups excluding carboxylic acids is 2. The average molecular weight is 438 g/mol. The molecule has 1 fully saturated rings. The number of hydrogen-bond donors (Lipinski definition) is 1. The van der Waals surface area contributed by atoms with Crippen LogP contribution in [0.25, 0.3) is 0 Å². The van der Waals surface area contributed by atoms with Crippen molar-refractivity contribution in [1.29, 1.82) is 0 Å². The quantitative estimate of drug-likeness (QED) is 0.288. The third kappa shape index (κ3) is 2.40. The zero-order valence-electron chi connectivity index (χ0n) is 18.0. The number of ether oxygens (including phenoxy) is 1. The topological polar surface area (TPSA) is 79.2 Å². The zero-order valence-corrected chi connectivity index (χ0v) is 18.0. The molecule has 7 rings (SSSR count). The van der Waals surface area contributed by atoms with Gasteiger partial charge in [-0.15, -0.1) is 5.16 Å². The van der Waals surface area contributed by atoms with Crippen molar-refractivity contribution in [2.24, 2.45) is 17.0 Å². The van der Waals surface area contributed by atoms with Crippen LogP contribution < -0.4 is 9.64 Å². The Balaban J connectivity index is 1.58. The molecule has 3 aliphatic carbocycles. The summed E-state index contributed by atoms with van der Waals surface area (Å²) in [6, 6.07) is 22.8. The van der Waals surface area contributed by atoms with Crippen molar-refractivity contribution in [3.05, 3.63) is 95.1 Å². The fourth-order valence-corrected chi connectivity index (χ4v) is 6.25. The van der Waals surface area contributed by atoms with E-state index in [4.69, 9.17) is 4.74 Å². The van der Waals surface area contributed by atoms with E-state index in [1.165, 1.54) is 11.1 Å². The summed E-state index contributed by atoms with van der Waals surface area (Å²) in [6.07, 6.45) is 1.45. The van der Waals surface area contributed by atoms with E-state index in [0.29, 0.717) is 18.0 Å². The van der Waals surface area contributed by atoms with Gasteiger partial charge in [-0.05, 0) is 53.4 Å². The number of nitrogens with zero attached hydrogens (tertiary/aromatic N) is 2. The van der Waals surface area contributed by atoms with Gasteiger partial charge in [0, 0.05) is 5.92 Å². The van der Waals surface area contributed by atoms with Crippen LogP contribution in [0, 0.1) is 11.8 Å². The Morgan fingerprint density at radius 2 is 1.55 bits per heavy atom. The SMILES string of the molecule is CCOc1ccc(N2C(=O)C3C4c5ccccc5C(C=NO)(c5ccccc54)C3C2=O)cc1. The first kappa shape index (κ1) is 19.7. The third-order valence-corrected chi connectivity index (χ3v) is 7.35. The summed E-state index contributed by atoms with van der Waals surface area (Å²) < 4.78 is 5.51. The van der Waals surface area contributed by atoms with Gasteiger partial charge in [-0.25, -0.2) is 4.90 Å². The summed E-state index contributed by atoms with van der Waals surface area (Å²) in [5.41, 5.74) is 3.35. The Morgan fingerprint density at radius 1 is 0.939 bits per heavy atom. The Bertz CT molecular complexity index is 1270. The van der Waals surface area contributed by atoms with Gasteiger partial charge in [0.15, 0.2) is 0 Å². The lowest BCUT2D eigenvalue weighted by atomic mass is 9.47. The van der Waals surface area contributed by atoms with Crippen molar-refractivity contribution in [3.8, 4) is 5.75 Å². The maximum Gasteiger partial charge on any atom is 0.239 e. The molecule has 3 aromatic rings. The van der Waals surface area contributed by atoms with Gasteiger partial charge in [0.05, 0.1) is 35.8 Å². The molecule has 6 nitrogen and oxygen atoms in total. The molecule has 1 aliphatic heterocycles. The molecular formula is C27H22N2O4. The van der Waals surface area contributed by atoms with Crippen molar-refractivity contribution in [2.75, 3.05) is 11.5 Å². The van der Waals surface area contributed by atoms with Crippen molar-refractivity contribution in [1.82, 2.24) is 0 Å². The highest BCUT2D eigenvalue weighted by Crippen LogP contribution is 2.63. The monoisotopic (exact) mass is 438 g/mol. The molecule has 2 atom stereocenters. The standard InChI is InChI=1S/C27H22N2O4/c1-2-33-17-13-11-16(12-14-17)29-25(30)23-22-18-7-3-5-9-20(18)27(15-28-32,24(23)26(29)31)21-10-6-4-8-19(21)22/h3-15,22-24,32H,2H2,1H3. The highest BCUT2D eigenvalue weighted by Gasteiger charge is 2.68. The minimum absolute atomic E-state index is 0.223. The van der Waals surface area contributed by atoms with Crippen LogP contribution in [0.15, 0.2) is 78.0 Å². The highest BCUT2D eigenvalue weighted by atomic mass is 16.5. The van der Waals surface area contributed by atoms with E-state index in [1.54, 1.807) is 24.3 Å². The predicted octanol–water partition coefficient (Wildman–Crippen LogP) is 4.10. The lowest BCUT2D eigenvalue weighted by Gasteiger charge is -2.52. The van der Waals surface area contributed by atoms with Crippen molar-refractivity contribution >= 4 is 23.7 Å². The molecule has 2 unspecified atom stereocenters. The minimum Gasteiger partial charge on any atom is -0.494 e. The van der Waals surface area contributed by atoms with Gasteiger partial charge in [-0.3, -0.25) is 9.59 Å². The van der Waals surface area contributed by atoms with Crippen molar-refractivity contribution in [2.45, 2.75) is 18.3 Å². The Morgan fingerprint density at radius 3 is 2.12 bits per heavy atom. The maximum absolute atomic E-state index is 14.0. The van der Waals surface area contributed by atoms with E-state index in [0.717, 1.165) is 22.3 Å². The number of rotatable bonds is 4. The lowest BCUT2D eigenvalue weighted by molar-refractivity contribution is -0.122. The van der Waals surface area contributed by atoms with E-state index in [9.17, 15) is 14.8 Å². The van der Waals surface area contributed by atoms with Gasteiger partial charge in [0.25, 0.3) is 0 Å². The van der Waals surface area contributed by atoms with Gasteiger partial charge < -0.3 is 9.94 Å².